The third kappa shape index (κ3) is 2.63. The number of nitrogens with two attached hydrogens (primary N) is 1. The summed E-state index contributed by atoms with van der Waals surface area (Å²) >= 11 is 0. The number of hydrogen-bond acceptors (Lipinski definition) is 3. The van der Waals surface area contributed by atoms with Crippen LogP contribution >= 0.6 is 0 Å². The first-order valence-corrected chi connectivity index (χ1v) is 6.61. The number of hydrogen-bond donors (Lipinski definition) is 1. The number of rotatable bonds is 5. The SMILES string of the molecule is CCCn1ncc(-c2ccc(OC)cc2CN)c1C. The predicted molar refractivity (Wildman–Crippen MR) is 77.1 cm³/mol. The first kappa shape index (κ1) is 13.6. The Balaban J connectivity index is 2.46. The van der Waals surface area contributed by atoms with E-state index in [1.54, 1.807) is 7.11 Å². The molecule has 1 heterocycles. The zero-order valence-electron chi connectivity index (χ0n) is 11.8. The number of aryl methyl sites for hydroxylation is 1. The lowest BCUT2D eigenvalue weighted by atomic mass is 10.00. The van der Waals surface area contributed by atoms with Crippen LogP contribution in [0.3, 0.4) is 0 Å². The summed E-state index contributed by atoms with van der Waals surface area (Å²) in [5.41, 5.74) is 10.4. The molecule has 0 atom stereocenters. The van der Waals surface area contributed by atoms with E-state index in [4.69, 9.17) is 10.5 Å². The second-order valence-electron chi connectivity index (χ2n) is 4.59. The highest BCUT2D eigenvalue weighted by Crippen LogP contribution is 2.29. The Hall–Kier alpha value is -1.81. The lowest BCUT2D eigenvalue weighted by Gasteiger charge is -2.10. The monoisotopic (exact) mass is 259 g/mol. The molecule has 0 fully saturated rings. The van der Waals surface area contributed by atoms with Gasteiger partial charge in [-0.2, -0.15) is 5.10 Å². The Morgan fingerprint density at radius 1 is 1.32 bits per heavy atom. The van der Waals surface area contributed by atoms with Crippen LogP contribution in [0.4, 0.5) is 0 Å². The van der Waals surface area contributed by atoms with Gasteiger partial charge in [0.2, 0.25) is 0 Å². The molecule has 4 heteroatoms. The average Bonchev–Trinajstić information content (AvgIpc) is 2.80. The molecule has 0 amide bonds. The van der Waals surface area contributed by atoms with E-state index in [0.29, 0.717) is 6.54 Å². The van der Waals surface area contributed by atoms with Crippen LogP contribution in [0, 0.1) is 6.92 Å². The summed E-state index contributed by atoms with van der Waals surface area (Å²) in [6.07, 6.45) is 3.00. The van der Waals surface area contributed by atoms with Crippen LogP contribution in [-0.2, 0) is 13.1 Å². The average molecular weight is 259 g/mol. The molecule has 0 radical (unpaired) electrons. The fraction of sp³-hybridized carbons (Fsp3) is 0.400. The van der Waals surface area contributed by atoms with Crippen molar-refractivity contribution in [2.24, 2.45) is 5.73 Å². The maximum absolute atomic E-state index is 5.84. The van der Waals surface area contributed by atoms with Crippen LogP contribution in [0.5, 0.6) is 5.75 Å². The third-order valence-electron chi connectivity index (χ3n) is 3.36. The molecule has 0 bridgehead atoms. The minimum Gasteiger partial charge on any atom is -0.497 e. The van der Waals surface area contributed by atoms with Crippen molar-refractivity contribution in [2.75, 3.05) is 7.11 Å². The van der Waals surface area contributed by atoms with Crippen LogP contribution in [0.25, 0.3) is 11.1 Å². The Morgan fingerprint density at radius 2 is 2.11 bits per heavy atom. The summed E-state index contributed by atoms with van der Waals surface area (Å²) < 4.78 is 7.29. The normalized spacial score (nSPS) is 10.7. The second kappa shape index (κ2) is 5.89. The van der Waals surface area contributed by atoms with Crippen molar-refractivity contribution in [3.63, 3.8) is 0 Å². The minimum absolute atomic E-state index is 0.491. The van der Waals surface area contributed by atoms with Crippen molar-refractivity contribution < 1.29 is 4.74 Å². The highest BCUT2D eigenvalue weighted by Gasteiger charge is 2.12. The Labute approximate surface area is 114 Å². The molecule has 0 spiro atoms. The molecule has 19 heavy (non-hydrogen) atoms. The number of benzene rings is 1. The quantitative estimate of drug-likeness (QED) is 0.898. The van der Waals surface area contributed by atoms with Gasteiger partial charge in [0, 0.05) is 24.3 Å². The molecule has 0 saturated heterocycles. The Kier molecular flexibility index (Phi) is 4.22. The molecule has 0 unspecified atom stereocenters. The highest BCUT2D eigenvalue weighted by molar-refractivity contribution is 5.70. The molecule has 1 aromatic heterocycles. The van der Waals surface area contributed by atoms with Crippen LogP contribution in [0.2, 0.25) is 0 Å². The van der Waals surface area contributed by atoms with Gasteiger partial charge in [0.05, 0.1) is 13.3 Å². The molecule has 0 aliphatic carbocycles. The van der Waals surface area contributed by atoms with Gasteiger partial charge in [-0.05, 0) is 36.6 Å². The smallest absolute Gasteiger partial charge is 0.119 e. The van der Waals surface area contributed by atoms with E-state index in [-0.39, 0.29) is 0 Å². The largest absolute Gasteiger partial charge is 0.497 e. The van der Waals surface area contributed by atoms with Gasteiger partial charge in [0.25, 0.3) is 0 Å². The lowest BCUT2D eigenvalue weighted by Crippen LogP contribution is -2.02. The maximum Gasteiger partial charge on any atom is 0.119 e. The molecule has 102 valence electrons. The van der Waals surface area contributed by atoms with Crippen molar-refractivity contribution in [3.8, 4) is 16.9 Å². The van der Waals surface area contributed by atoms with Gasteiger partial charge in [0.15, 0.2) is 0 Å². The van der Waals surface area contributed by atoms with Crippen molar-refractivity contribution in [2.45, 2.75) is 33.4 Å². The summed E-state index contributed by atoms with van der Waals surface area (Å²) in [5.74, 6) is 0.836. The van der Waals surface area contributed by atoms with Gasteiger partial charge in [-0.15, -0.1) is 0 Å². The van der Waals surface area contributed by atoms with Gasteiger partial charge in [-0.25, -0.2) is 0 Å². The number of ether oxygens (including phenoxy) is 1. The molecule has 4 nitrogen and oxygen atoms in total. The summed E-state index contributed by atoms with van der Waals surface area (Å²) in [6, 6.07) is 6.01. The van der Waals surface area contributed by atoms with Gasteiger partial charge in [0.1, 0.15) is 5.75 Å². The van der Waals surface area contributed by atoms with Gasteiger partial charge < -0.3 is 10.5 Å². The maximum atomic E-state index is 5.84. The Bertz CT molecular complexity index is 561. The van der Waals surface area contributed by atoms with Crippen molar-refractivity contribution >= 4 is 0 Å². The van der Waals surface area contributed by atoms with E-state index in [0.717, 1.165) is 35.4 Å². The zero-order chi connectivity index (χ0) is 13.8. The minimum atomic E-state index is 0.491. The van der Waals surface area contributed by atoms with Gasteiger partial charge in [-0.1, -0.05) is 13.0 Å². The summed E-state index contributed by atoms with van der Waals surface area (Å²) in [7, 11) is 1.67. The van der Waals surface area contributed by atoms with Gasteiger partial charge in [-0.3, -0.25) is 4.68 Å². The zero-order valence-corrected chi connectivity index (χ0v) is 11.8. The summed E-state index contributed by atoms with van der Waals surface area (Å²) in [4.78, 5) is 0. The molecule has 0 aliphatic heterocycles. The molecule has 2 aromatic rings. The molecule has 2 rings (SSSR count). The molecule has 0 aliphatic rings. The fourth-order valence-corrected chi connectivity index (χ4v) is 2.28. The third-order valence-corrected chi connectivity index (χ3v) is 3.36. The molecular formula is C15H21N3O. The lowest BCUT2D eigenvalue weighted by molar-refractivity contribution is 0.414. The number of nitrogens with zero attached hydrogens (tertiary/aromatic N) is 2. The fourth-order valence-electron chi connectivity index (χ4n) is 2.28. The number of methoxy groups -OCH3 is 1. The van der Waals surface area contributed by atoms with E-state index in [1.165, 1.54) is 5.69 Å². The van der Waals surface area contributed by atoms with E-state index >= 15 is 0 Å². The van der Waals surface area contributed by atoms with Crippen molar-refractivity contribution in [1.82, 2.24) is 9.78 Å². The van der Waals surface area contributed by atoms with Crippen LogP contribution in [0.15, 0.2) is 24.4 Å². The standard InChI is InChI=1S/C15H21N3O/c1-4-7-18-11(2)15(10-17-18)14-6-5-13(19-3)8-12(14)9-16/h5-6,8,10H,4,7,9,16H2,1-3H3. The Morgan fingerprint density at radius 3 is 2.74 bits per heavy atom. The summed E-state index contributed by atoms with van der Waals surface area (Å²) in [5, 5.41) is 4.44. The van der Waals surface area contributed by atoms with Gasteiger partial charge >= 0.3 is 0 Å². The topological polar surface area (TPSA) is 53.1 Å². The van der Waals surface area contributed by atoms with E-state index < -0.39 is 0 Å². The summed E-state index contributed by atoms with van der Waals surface area (Å²) in [6.45, 7) is 5.69. The van der Waals surface area contributed by atoms with E-state index in [1.807, 2.05) is 23.0 Å². The number of aromatic nitrogens is 2. The second-order valence-corrected chi connectivity index (χ2v) is 4.59. The predicted octanol–water partition coefficient (Wildman–Crippen LogP) is 2.74. The first-order chi connectivity index (χ1) is 9.21. The molecular weight excluding hydrogens is 238 g/mol. The van der Waals surface area contributed by atoms with E-state index in [2.05, 4.69) is 25.0 Å². The highest BCUT2D eigenvalue weighted by atomic mass is 16.5. The van der Waals surface area contributed by atoms with Crippen LogP contribution < -0.4 is 10.5 Å². The van der Waals surface area contributed by atoms with Crippen molar-refractivity contribution in [1.29, 1.82) is 0 Å². The van der Waals surface area contributed by atoms with Crippen LogP contribution in [-0.4, -0.2) is 16.9 Å². The van der Waals surface area contributed by atoms with E-state index in [9.17, 15) is 0 Å². The molecule has 1 aromatic carbocycles. The molecule has 2 N–H and O–H groups in total. The van der Waals surface area contributed by atoms with Crippen LogP contribution in [0.1, 0.15) is 24.6 Å². The van der Waals surface area contributed by atoms with Crippen molar-refractivity contribution in [3.05, 3.63) is 35.7 Å². The molecule has 0 saturated carbocycles. The first-order valence-electron chi connectivity index (χ1n) is 6.61.